The highest BCUT2D eigenvalue weighted by molar-refractivity contribution is 5.68. The molecule has 1 fully saturated rings. The summed E-state index contributed by atoms with van der Waals surface area (Å²) < 4.78 is 15.3. The molecule has 152 valence electrons. The molecule has 0 aliphatic heterocycles. The molecular weight excluding hydrogens is 336 g/mol. The van der Waals surface area contributed by atoms with Crippen LogP contribution >= 0.6 is 0 Å². The lowest BCUT2D eigenvalue weighted by atomic mass is 9.62. The Morgan fingerprint density at radius 3 is 2.46 bits per heavy atom. The molecule has 0 heterocycles. The molecule has 7 nitrogen and oxygen atoms in total. The second-order valence-corrected chi connectivity index (χ2v) is 8.51. The molecule has 1 rings (SSSR count). The zero-order valence-electron chi connectivity index (χ0n) is 17.1. The van der Waals surface area contributed by atoms with E-state index in [1.54, 1.807) is 7.11 Å². The van der Waals surface area contributed by atoms with Crippen molar-refractivity contribution in [3.8, 4) is 0 Å². The molecule has 1 aliphatic rings. The minimum Gasteiger partial charge on any atom is -0.447 e. The highest BCUT2D eigenvalue weighted by Gasteiger charge is 2.42. The molecule has 0 bridgehead atoms. The fourth-order valence-electron chi connectivity index (χ4n) is 3.89. The van der Waals surface area contributed by atoms with Gasteiger partial charge < -0.3 is 24.8 Å². The summed E-state index contributed by atoms with van der Waals surface area (Å²) in [5.74, 6) is 0. The molecule has 7 heteroatoms. The number of nitrogens with one attached hydrogen (secondary N) is 2. The predicted octanol–water partition coefficient (Wildman–Crippen LogP) is 3.47. The molecular formula is C19H36N2O5. The molecule has 0 radical (unpaired) electrons. The lowest BCUT2D eigenvalue weighted by molar-refractivity contribution is 0.0539. The Kier molecular flexibility index (Phi) is 8.67. The Labute approximate surface area is 157 Å². The second kappa shape index (κ2) is 10.00. The van der Waals surface area contributed by atoms with Crippen molar-refractivity contribution in [1.82, 2.24) is 10.6 Å². The Morgan fingerprint density at radius 2 is 1.85 bits per heavy atom. The minimum absolute atomic E-state index is 0.0200. The Bertz CT molecular complexity index is 469. The first-order valence-corrected chi connectivity index (χ1v) is 9.46. The molecule has 0 aromatic carbocycles. The summed E-state index contributed by atoms with van der Waals surface area (Å²) in [5, 5.41) is 5.85. The third-order valence-electron chi connectivity index (χ3n) is 4.83. The summed E-state index contributed by atoms with van der Waals surface area (Å²) in [4.78, 5) is 23.9. The Hall–Kier alpha value is -1.50. The Balaban J connectivity index is 2.58. The summed E-state index contributed by atoms with van der Waals surface area (Å²) in [6, 6.07) is 0.0200. The maximum Gasteiger partial charge on any atom is 0.407 e. The first-order chi connectivity index (χ1) is 12.1. The first kappa shape index (κ1) is 22.5. The molecule has 3 unspecified atom stereocenters. The lowest BCUT2D eigenvalue weighted by Crippen LogP contribution is -2.50. The number of carbonyl (C=O) groups excluding carboxylic acids is 2. The molecule has 1 aliphatic carbocycles. The maximum absolute atomic E-state index is 12.1. The van der Waals surface area contributed by atoms with E-state index in [4.69, 9.17) is 14.2 Å². The van der Waals surface area contributed by atoms with Gasteiger partial charge in [0, 0.05) is 19.7 Å². The summed E-state index contributed by atoms with van der Waals surface area (Å²) in [7, 11) is 1.56. The van der Waals surface area contributed by atoms with Gasteiger partial charge in [-0.05, 0) is 43.4 Å². The summed E-state index contributed by atoms with van der Waals surface area (Å²) in [5.41, 5.74) is -0.0701. The SMILES string of the molecule is CCC(C)OC(=O)NC1CC(C)(C)CC(C)(CNC(=O)OCCOC)C1. The highest BCUT2D eigenvalue weighted by Crippen LogP contribution is 2.45. The number of ether oxygens (including phenoxy) is 3. The van der Waals surface area contributed by atoms with Gasteiger partial charge in [0.25, 0.3) is 0 Å². The van der Waals surface area contributed by atoms with Gasteiger partial charge in [0.15, 0.2) is 0 Å². The van der Waals surface area contributed by atoms with E-state index in [2.05, 4.69) is 31.4 Å². The number of hydrogen-bond acceptors (Lipinski definition) is 5. The van der Waals surface area contributed by atoms with Crippen molar-refractivity contribution >= 4 is 12.2 Å². The molecule has 0 aromatic heterocycles. The fourth-order valence-corrected chi connectivity index (χ4v) is 3.89. The zero-order chi connectivity index (χ0) is 19.8. The number of carbonyl (C=O) groups is 2. The number of methoxy groups -OCH3 is 1. The molecule has 3 atom stereocenters. The largest absolute Gasteiger partial charge is 0.447 e. The predicted molar refractivity (Wildman–Crippen MR) is 100 cm³/mol. The van der Waals surface area contributed by atoms with E-state index in [0.29, 0.717) is 13.2 Å². The van der Waals surface area contributed by atoms with Crippen molar-refractivity contribution in [2.75, 3.05) is 26.9 Å². The van der Waals surface area contributed by atoms with Crippen molar-refractivity contribution < 1.29 is 23.8 Å². The van der Waals surface area contributed by atoms with Crippen LogP contribution in [0.3, 0.4) is 0 Å². The zero-order valence-corrected chi connectivity index (χ0v) is 17.1. The van der Waals surface area contributed by atoms with E-state index in [1.807, 2.05) is 13.8 Å². The van der Waals surface area contributed by atoms with Gasteiger partial charge in [0.05, 0.1) is 6.61 Å². The van der Waals surface area contributed by atoms with E-state index in [9.17, 15) is 9.59 Å². The molecule has 2 amide bonds. The van der Waals surface area contributed by atoms with Gasteiger partial charge >= 0.3 is 12.2 Å². The molecule has 2 N–H and O–H groups in total. The fraction of sp³-hybridized carbons (Fsp3) is 0.895. The van der Waals surface area contributed by atoms with Crippen LogP contribution in [0.2, 0.25) is 0 Å². The molecule has 0 saturated heterocycles. The topological polar surface area (TPSA) is 85.9 Å². The van der Waals surface area contributed by atoms with Crippen molar-refractivity contribution in [3.05, 3.63) is 0 Å². The van der Waals surface area contributed by atoms with E-state index in [0.717, 1.165) is 25.7 Å². The second-order valence-electron chi connectivity index (χ2n) is 8.51. The molecule has 0 aromatic rings. The van der Waals surface area contributed by atoms with Crippen molar-refractivity contribution in [2.24, 2.45) is 10.8 Å². The lowest BCUT2D eigenvalue weighted by Gasteiger charge is -2.46. The summed E-state index contributed by atoms with van der Waals surface area (Å²) in [6.07, 6.45) is 2.51. The van der Waals surface area contributed by atoms with Gasteiger partial charge in [-0.3, -0.25) is 0 Å². The van der Waals surface area contributed by atoms with Crippen LogP contribution in [0.25, 0.3) is 0 Å². The van der Waals surface area contributed by atoms with Gasteiger partial charge in [0.2, 0.25) is 0 Å². The first-order valence-electron chi connectivity index (χ1n) is 9.46. The molecule has 26 heavy (non-hydrogen) atoms. The number of hydrogen-bond donors (Lipinski definition) is 2. The van der Waals surface area contributed by atoms with Crippen LogP contribution in [0, 0.1) is 10.8 Å². The van der Waals surface area contributed by atoms with E-state index in [1.165, 1.54) is 0 Å². The van der Waals surface area contributed by atoms with Crippen molar-refractivity contribution in [3.63, 3.8) is 0 Å². The monoisotopic (exact) mass is 372 g/mol. The molecule has 0 spiro atoms. The minimum atomic E-state index is -0.438. The van der Waals surface area contributed by atoms with Crippen LogP contribution in [0.1, 0.15) is 60.3 Å². The van der Waals surface area contributed by atoms with E-state index < -0.39 is 6.09 Å². The average molecular weight is 373 g/mol. The molecule has 1 saturated carbocycles. The Morgan fingerprint density at radius 1 is 1.15 bits per heavy atom. The van der Waals surface area contributed by atoms with Crippen LogP contribution in [-0.2, 0) is 14.2 Å². The van der Waals surface area contributed by atoms with E-state index >= 15 is 0 Å². The standard InChI is InChI=1S/C19H36N2O5/c1-7-14(2)26-17(23)21-15-10-18(3,4)12-19(5,11-15)13-20-16(22)25-9-8-24-6/h14-15H,7-13H2,1-6H3,(H,20,22)(H,21,23). The van der Waals surface area contributed by atoms with Crippen molar-refractivity contribution in [1.29, 1.82) is 0 Å². The third-order valence-corrected chi connectivity index (χ3v) is 4.83. The quantitative estimate of drug-likeness (QED) is 0.637. The van der Waals surface area contributed by atoms with Gasteiger partial charge in [-0.1, -0.05) is 27.7 Å². The average Bonchev–Trinajstić information content (AvgIpc) is 2.51. The van der Waals surface area contributed by atoms with Gasteiger partial charge in [-0.25, -0.2) is 9.59 Å². The number of rotatable bonds is 8. The van der Waals surface area contributed by atoms with Crippen LogP contribution in [0.5, 0.6) is 0 Å². The number of alkyl carbamates (subject to hydrolysis) is 2. The summed E-state index contributed by atoms with van der Waals surface area (Å²) in [6.45, 7) is 11.5. The summed E-state index contributed by atoms with van der Waals surface area (Å²) >= 11 is 0. The van der Waals surface area contributed by atoms with Gasteiger partial charge in [0.1, 0.15) is 12.7 Å². The van der Waals surface area contributed by atoms with Gasteiger partial charge in [-0.15, -0.1) is 0 Å². The smallest absolute Gasteiger partial charge is 0.407 e. The highest BCUT2D eigenvalue weighted by atomic mass is 16.6. The van der Waals surface area contributed by atoms with Crippen molar-refractivity contribution in [2.45, 2.75) is 72.4 Å². The van der Waals surface area contributed by atoms with Crippen LogP contribution in [-0.4, -0.2) is 51.2 Å². The maximum atomic E-state index is 12.1. The van der Waals surface area contributed by atoms with E-state index in [-0.39, 0.29) is 35.7 Å². The third kappa shape index (κ3) is 8.25. The van der Waals surface area contributed by atoms with Crippen LogP contribution < -0.4 is 10.6 Å². The normalized spacial score (nSPS) is 25.8. The van der Waals surface area contributed by atoms with Gasteiger partial charge in [-0.2, -0.15) is 0 Å². The number of amides is 2. The van der Waals surface area contributed by atoms with Crippen LogP contribution in [0.15, 0.2) is 0 Å². The van der Waals surface area contributed by atoms with Crippen LogP contribution in [0.4, 0.5) is 9.59 Å².